The van der Waals surface area contributed by atoms with Crippen molar-refractivity contribution >= 4 is 5.78 Å². The number of aryl methyl sites for hydroxylation is 1. The molecule has 0 N–H and O–H groups in total. The van der Waals surface area contributed by atoms with Gasteiger partial charge in [0.1, 0.15) is 5.78 Å². The van der Waals surface area contributed by atoms with Crippen LogP contribution in [0.1, 0.15) is 48.4 Å². The third-order valence-corrected chi connectivity index (χ3v) is 4.26. The molecule has 2 heteroatoms. The molecule has 0 radical (unpaired) electrons. The molecule has 0 saturated carbocycles. The standard InChI is InChI=1S/C18H19NO/c1-13(14-7-3-2-4-8-14)18(20)16-11-5-9-15-10-6-12-19-17(15)16/h2-4,6-8,10,12-13,16H,5,9,11H2,1H3. The molecule has 0 aliphatic heterocycles. The maximum absolute atomic E-state index is 12.8. The minimum atomic E-state index is -0.0610. The summed E-state index contributed by atoms with van der Waals surface area (Å²) in [4.78, 5) is 17.3. The highest BCUT2D eigenvalue weighted by molar-refractivity contribution is 5.91. The first-order valence-electron chi connectivity index (χ1n) is 7.30. The van der Waals surface area contributed by atoms with Crippen LogP contribution in [-0.2, 0) is 11.2 Å². The summed E-state index contributed by atoms with van der Waals surface area (Å²) in [6, 6.07) is 14.1. The molecule has 0 amide bonds. The molecule has 1 heterocycles. The van der Waals surface area contributed by atoms with E-state index in [4.69, 9.17) is 0 Å². The zero-order chi connectivity index (χ0) is 13.9. The van der Waals surface area contributed by atoms with Crippen LogP contribution < -0.4 is 0 Å². The van der Waals surface area contributed by atoms with Gasteiger partial charge in [-0.1, -0.05) is 43.3 Å². The average Bonchev–Trinajstić information content (AvgIpc) is 2.54. The average molecular weight is 265 g/mol. The molecule has 1 aromatic carbocycles. The molecule has 0 saturated heterocycles. The van der Waals surface area contributed by atoms with Crippen LogP contribution >= 0.6 is 0 Å². The number of Topliss-reactive ketones (excluding diaryl/α,β-unsaturated/α-hetero) is 1. The van der Waals surface area contributed by atoms with Gasteiger partial charge in [-0.15, -0.1) is 0 Å². The number of aromatic nitrogens is 1. The highest BCUT2D eigenvalue weighted by atomic mass is 16.1. The molecule has 0 bridgehead atoms. The molecule has 2 nitrogen and oxygen atoms in total. The highest BCUT2D eigenvalue weighted by Gasteiger charge is 2.30. The minimum absolute atomic E-state index is 0.0323. The van der Waals surface area contributed by atoms with Gasteiger partial charge in [-0.3, -0.25) is 9.78 Å². The van der Waals surface area contributed by atoms with E-state index < -0.39 is 0 Å². The van der Waals surface area contributed by atoms with Gasteiger partial charge in [0.15, 0.2) is 0 Å². The maximum atomic E-state index is 12.8. The molecule has 2 aromatic rings. The minimum Gasteiger partial charge on any atom is -0.298 e. The van der Waals surface area contributed by atoms with E-state index in [-0.39, 0.29) is 11.8 Å². The van der Waals surface area contributed by atoms with Gasteiger partial charge < -0.3 is 0 Å². The van der Waals surface area contributed by atoms with Gasteiger partial charge in [-0.05, 0) is 36.5 Å². The predicted molar refractivity (Wildman–Crippen MR) is 79.8 cm³/mol. The Morgan fingerprint density at radius 2 is 2.00 bits per heavy atom. The van der Waals surface area contributed by atoms with Crippen molar-refractivity contribution in [3.05, 3.63) is 65.5 Å². The zero-order valence-electron chi connectivity index (χ0n) is 11.8. The first kappa shape index (κ1) is 13.0. The van der Waals surface area contributed by atoms with Crippen molar-refractivity contribution in [1.82, 2.24) is 4.98 Å². The van der Waals surface area contributed by atoms with Crippen molar-refractivity contribution in [2.24, 2.45) is 0 Å². The number of pyridine rings is 1. The molecule has 1 aliphatic rings. The second-order valence-corrected chi connectivity index (χ2v) is 5.53. The summed E-state index contributed by atoms with van der Waals surface area (Å²) in [7, 11) is 0. The van der Waals surface area contributed by atoms with Crippen LogP contribution in [0.25, 0.3) is 0 Å². The Morgan fingerprint density at radius 1 is 1.20 bits per heavy atom. The summed E-state index contributed by atoms with van der Waals surface area (Å²) in [5, 5.41) is 0. The van der Waals surface area contributed by atoms with Gasteiger partial charge in [0.2, 0.25) is 0 Å². The van der Waals surface area contributed by atoms with Crippen LogP contribution in [0.4, 0.5) is 0 Å². The van der Waals surface area contributed by atoms with E-state index in [2.05, 4.69) is 11.1 Å². The fourth-order valence-electron chi connectivity index (χ4n) is 3.09. The van der Waals surface area contributed by atoms with Crippen molar-refractivity contribution in [2.75, 3.05) is 0 Å². The first-order valence-corrected chi connectivity index (χ1v) is 7.30. The molecule has 102 valence electrons. The van der Waals surface area contributed by atoms with Gasteiger partial charge in [0.05, 0.1) is 11.6 Å². The Kier molecular flexibility index (Phi) is 3.64. The third-order valence-electron chi connectivity index (χ3n) is 4.26. The largest absolute Gasteiger partial charge is 0.298 e. The lowest BCUT2D eigenvalue weighted by Gasteiger charge is -2.25. The highest BCUT2D eigenvalue weighted by Crippen LogP contribution is 2.34. The summed E-state index contributed by atoms with van der Waals surface area (Å²) < 4.78 is 0. The zero-order valence-corrected chi connectivity index (χ0v) is 11.8. The van der Waals surface area contributed by atoms with Gasteiger partial charge in [0, 0.05) is 12.1 Å². The number of carbonyl (C=O) groups is 1. The second-order valence-electron chi connectivity index (χ2n) is 5.53. The lowest BCUT2D eigenvalue weighted by Crippen LogP contribution is -2.23. The number of benzene rings is 1. The van der Waals surface area contributed by atoms with Crippen LogP contribution in [0, 0.1) is 0 Å². The smallest absolute Gasteiger partial charge is 0.149 e. The Balaban J connectivity index is 1.89. The van der Waals surface area contributed by atoms with Crippen molar-refractivity contribution in [1.29, 1.82) is 0 Å². The molecule has 1 aromatic heterocycles. The summed E-state index contributed by atoms with van der Waals surface area (Å²) >= 11 is 0. The topological polar surface area (TPSA) is 30.0 Å². The van der Waals surface area contributed by atoms with Crippen LogP contribution in [0.3, 0.4) is 0 Å². The van der Waals surface area contributed by atoms with Gasteiger partial charge >= 0.3 is 0 Å². The van der Waals surface area contributed by atoms with Gasteiger partial charge in [-0.2, -0.15) is 0 Å². The van der Waals surface area contributed by atoms with Crippen molar-refractivity contribution in [3.8, 4) is 0 Å². The predicted octanol–water partition coefficient (Wildman–Crippen LogP) is 3.87. The Morgan fingerprint density at radius 3 is 2.80 bits per heavy atom. The van der Waals surface area contributed by atoms with E-state index in [9.17, 15) is 4.79 Å². The number of carbonyl (C=O) groups excluding carboxylic acids is 1. The van der Waals surface area contributed by atoms with Crippen molar-refractivity contribution in [2.45, 2.75) is 38.0 Å². The summed E-state index contributed by atoms with van der Waals surface area (Å²) in [5.41, 5.74) is 3.35. The van der Waals surface area contributed by atoms with Crippen LogP contribution in [-0.4, -0.2) is 10.8 Å². The quantitative estimate of drug-likeness (QED) is 0.843. The van der Waals surface area contributed by atoms with E-state index in [1.807, 2.05) is 43.3 Å². The number of fused-ring (bicyclic) bond motifs is 1. The van der Waals surface area contributed by atoms with E-state index in [1.165, 1.54) is 5.56 Å². The summed E-state index contributed by atoms with van der Waals surface area (Å²) in [6.45, 7) is 2.01. The molecule has 2 unspecified atom stereocenters. The number of ketones is 1. The normalized spacial score (nSPS) is 19.1. The summed E-state index contributed by atoms with van der Waals surface area (Å²) in [5.74, 6) is 0.208. The van der Waals surface area contributed by atoms with Crippen molar-refractivity contribution in [3.63, 3.8) is 0 Å². The first-order chi connectivity index (χ1) is 9.77. The fraction of sp³-hybridized carbons (Fsp3) is 0.333. The number of rotatable bonds is 3. The van der Waals surface area contributed by atoms with E-state index in [0.29, 0.717) is 5.78 Å². The molecule has 0 fully saturated rings. The van der Waals surface area contributed by atoms with E-state index in [1.54, 1.807) is 6.20 Å². The van der Waals surface area contributed by atoms with Crippen LogP contribution in [0.2, 0.25) is 0 Å². The molecule has 2 atom stereocenters. The molecular weight excluding hydrogens is 246 g/mol. The fourth-order valence-corrected chi connectivity index (χ4v) is 3.09. The molecular formula is C18H19NO. The van der Waals surface area contributed by atoms with E-state index >= 15 is 0 Å². The van der Waals surface area contributed by atoms with Crippen LogP contribution in [0.15, 0.2) is 48.7 Å². The monoisotopic (exact) mass is 265 g/mol. The van der Waals surface area contributed by atoms with Gasteiger partial charge in [0.25, 0.3) is 0 Å². The lowest BCUT2D eigenvalue weighted by atomic mass is 9.79. The molecule has 0 spiro atoms. The number of nitrogens with zero attached hydrogens (tertiary/aromatic N) is 1. The molecule has 3 rings (SSSR count). The Labute approximate surface area is 119 Å². The van der Waals surface area contributed by atoms with Crippen LogP contribution in [0.5, 0.6) is 0 Å². The van der Waals surface area contributed by atoms with E-state index in [0.717, 1.165) is 30.5 Å². The SMILES string of the molecule is CC(C(=O)C1CCCc2cccnc21)c1ccccc1. The lowest BCUT2D eigenvalue weighted by molar-refractivity contribution is -0.122. The Hall–Kier alpha value is -1.96. The maximum Gasteiger partial charge on any atom is 0.149 e. The van der Waals surface area contributed by atoms with Gasteiger partial charge in [-0.25, -0.2) is 0 Å². The molecule has 20 heavy (non-hydrogen) atoms. The third kappa shape index (κ3) is 2.38. The number of hydrogen-bond acceptors (Lipinski definition) is 2. The Bertz CT molecular complexity index is 606. The summed E-state index contributed by atoms with van der Waals surface area (Å²) in [6.07, 6.45) is 4.86. The van der Waals surface area contributed by atoms with Crippen molar-refractivity contribution < 1.29 is 4.79 Å². The number of hydrogen-bond donors (Lipinski definition) is 0. The molecule has 1 aliphatic carbocycles. The second kappa shape index (κ2) is 5.58.